The summed E-state index contributed by atoms with van der Waals surface area (Å²) in [5.74, 6) is 1.24. The highest BCUT2D eigenvalue weighted by molar-refractivity contribution is 6.31. The van der Waals surface area contributed by atoms with Crippen molar-refractivity contribution in [3.8, 4) is 5.75 Å². The van der Waals surface area contributed by atoms with E-state index in [-0.39, 0.29) is 11.9 Å². The normalized spacial score (nSPS) is 12.3. The molecular formula is C21H22ClN3O3. The van der Waals surface area contributed by atoms with Crippen molar-refractivity contribution in [3.05, 3.63) is 76.5 Å². The number of amides is 1. The van der Waals surface area contributed by atoms with Crippen LogP contribution in [0.25, 0.3) is 6.08 Å². The zero-order chi connectivity index (χ0) is 20.1. The fourth-order valence-corrected chi connectivity index (χ4v) is 3.13. The minimum atomic E-state index is -0.236. The second-order valence-electron chi connectivity index (χ2n) is 6.38. The van der Waals surface area contributed by atoms with Crippen LogP contribution in [-0.4, -0.2) is 22.8 Å². The van der Waals surface area contributed by atoms with Crippen LogP contribution in [0, 0.1) is 6.92 Å². The van der Waals surface area contributed by atoms with Gasteiger partial charge in [-0.05, 0) is 49.8 Å². The highest BCUT2D eigenvalue weighted by Crippen LogP contribution is 2.23. The lowest BCUT2D eigenvalue weighted by Crippen LogP contribution is -2.24. The predicted octanol–water partition coefficient (Wildman–Crippen LogP) is 4.39. The summed E-state index contributed by atoms with van der Waals surface area (Å²) >= 11 is 6.49. The Labute approximate surface area is 168 Å². The molecule has 0 saturated heterocycles. The SMILES string of the molecule is COc1cccc(Cn2nc(C)c(/C=C/C(=O)N[C@H](C)c3ccco3)c2Cl)c1. The van der Waals surface area contributed by atoms with Crippen molar-refractivity contribution in [2.45, 2.75) is 26.4 Å². The molecule has 3 rings (SSSR count). The smallest absolute Gasteiger partial charge is 0.244 e. The average Bonchev–Trinajstić information content (AvgIpc) is 3.30. The Morgan fingerprint density at radius 1 is 1.39 bits per heavy atom. The van der Waals surface area contributed by atoms with Gasteiger partial charge in [-0.25, -0.2) is 4.68 Å². The van der Waals surface area contributed by atoms with E-state index in [0.29, 0.717) is 23.0 Å². The van der Waals surface area contributed by atoms with Gasteiger partial charge in [-0.1, -0.05) is 23.7 Å². The highest BCUT2D eigenvalue weighted by atomic mass is 35.5. The number of carbonyl (C=O) groups is 1. The number of benzene rings is 1. The van der Waals surface area contributed by atoms with Gasteiger partial charge in [-0.3, -0.25) is 4.79 Å². The van der Waals surface area contributed by atoms with Crippen molar-refractivity contribution < 1.29 is 13.9 Å². The van der Waals surface area contributed by atoms with Crippen LogP contribution in [0.4, 0.5) is 0 Å². The zero-order valence-corrected chi connectivity index (χ0v) is 16.7. The molecule has 0 spiro atoms. The molecule has 0 aliphatic carbocycles. The van der Waals surface area contributed by atoms with Crippen LogP contribution >= 0.6 is 11.6 Å². The molecule has 3 aromatic rings. The number of halogens is 1. The van der Waals surface area contributed by atoms with Crippen LogP contribution in [0.2, 0.25) is 5.15 Å². The molecule has 1 N–H and O–H groups in total. The van der Waals surface area contributed by atoms with Crippen molar-refractivity contribution in [2.24, 2.45) is 0 Å². The summed E-state index contributed by atoms with van der Waals surface area (Å²) in [7, 11) is 1.63. The number of carbonyl (C=O) groups excluding carboxylic acids is 1. The largest absolute Gasteiger partial charge is 0.497 e. The Kier molecular flexibility index (Phi) is 6.21. The third-order valence-electron chi connectivity index (χ3n) is 4.31. The molecule has 2 aromatic heterocycles. The van der Waals surface area contributed by atoms with Crippen LogP contribution in [0.15, 0.2) is 53.2 Å². The van der Waals surface area contributed by atoms with Crippen molar-refractivity contribution >= 4 is 23.6 Å². The van der Waals surface area contributed by atoms with E-state index in [4.69, 9.17) is 20.8 Å². The molecule has 28 heavy (non-hydrogen) atoms. The summed E-state index contributed by atoms with van der Waals surface area (Å²) < 4.78 is 12.2. The van der Waals surface area contributed by atoms with Crippen LogP contribution in [-0.2, 0) is 11.3 Å². The Morgan fingerprint density at radius 3 is 2.93 bits per heavy atom. The molecule has 0 saturated carbocycles. The fraction of sp³-hybridized carbons (Fsp3) is 0.238. The average molecular weight is 400 g/mol. The van der Waals surface area contributed by atoms with Gasteiger partial charge in [0, 0.05) is 11.6 Å². The Hall–Kier alpha value is -2.99. The molecule has 1 amide bonds. The fourth-order valence-electron chi connectivity index (χ4n) is 2.83. The van der Waals surface area contributed by atoms with Crippen molar-refractivity contribution in [1.29, 1.82) is 0 Å². The number of hydrogen-bond acceptors (Lipinski definition) is 4. The minimum Gasteiger partial charge on any atom is -0.497 e. The Balaban J connectivity index is 1.70. The number of hydrogen-bond donors (Lipinski definition) is 1. The summed E-state index contributed by atoms with van der Waals surface area (Å²) in [6, 6.07) is 11.1. The van der Waals surface area contributed by atoms with Crippen molar-refractivity contribution in [3.63, 3.8) is 0 Å². The van der Waals surface area contributed by atoms with E-state index in [0.717, 1.165) is 17.0 Å². The molecule has 0 aliphatic rings. The minimum absolute atomic E-state index is 0.223. The first-order valence-corrected chi connectivity index (χ1v) is 9.23. The van der Waals surface area contributed by atoms with Gasteiger partial charge >= 0.3 is 0 Å². The van der Waals surface area contributed by atoms with E-state index < -0.39 is 0 Å². The van der Waals surface area contributed by atoms with Crippen molar-refractivity contribution in [2.75, 3.05) is 7.11 Å². The number of nitrogens with zero attached hydrogens (tertiary/aromatic N) is 2. The quantitative estimate of drug-likeness (QED) is 0.598. The van der Waals surface area contributed by atoms with Gasteiger partial charge in [0.15, 0.2) is 0 Å². The number of furan rings is 1. The number of methoxy groups -OCH3 is 1. The van der Waals surface area contributed by atoms with Crippen LogP contribution in [0.3, 0.4) is 0 Å². The van der Waals surface area contributed by atoms with E-state index >= 15 is 0 Å². The number of ether oxygens (including phenoxy) is 1. The van der Waals surface area contributed by atoms with Gasteiger partial charge in [0.05, 0.1) is 31.7 Å². The van der Waals surface area contributed by atoms with E-state index in [2.05, 4.69) is 10.4 Å². The first kappa shape index (κ1) is 19.8. The third-order valence-corrected chi connectivity index (χ3v) is 4.70. The maximum Gasteiger partial charge on any atom is 0.244 e. The Morgan fingerprint density at radius 2 is 2.21 bits per heavy atom. The first-order chi connectivity index (χ1) is 13.5. The molecule has 0 bridgehead atoms. The summed E-state index contributed by atoms with van der Waals surface area (Å²) in [5, 5.41) is 7.81. The van der Waals surface area contributed by atoms with E-state index in [1.54, 1.807) is 30.2 Å². The lowest BCUT2D eigenvalue weighted by Gasteiger charge is -2.08. The second-order valence-corrected chi connectivity index (χ2v) is 6.74. The summed E-state index contributed by atoms with van der Waals surface area (Å²) in [4.78, 5) is 12.2. The van der Waals surface area contributed by atoms with Crippen LogP contribution in [0.5, 0.6) is 5.75 Å². The summed E-state index contributed by atoms with van der Waals surface area (Å²) in [6.07, 6.45) is 4.70. The van der Waals surface area contributed by atoms with Crippen LogP contribution in [0.1, 0.15) is 35.5 Å². The number of rotatable bonds is 7. The predicted molar refractivity (Wildman–Crippen MR) is 108 cm³/mol. The molecule has 7 heteroatoms. The molecule has 0 radical (unpaired) electrons. The molecule has 146 valence electrons. The maximum absolute atomic E-state index is 12.2. The lowest BCUT2D eigenvalue weighted by molar-refractivity contribution is -0.117. The molecule has 6 nitrogen and oxygen atoms in total. The molecule has 0 aliphatic heterocycles. The summed E-state index contributed by atoms with van der Waals surface area (Å²) in [6.45, 7) is 4.22. The third kappa shape index (κ3) is 4.64. The van der Waals surface area contributed by atoms with Crippen LogP contribution < -0.4 is 10.1 Å². The molecule has 1 aromatic carbocycles. The van der Waals surface area contributed by atoms with Gasteiger partial charge in [0.1, 0.15) is 16.7 Å². The number of nitrogens with one attached hydrogen (secondary N) is 1. The molecule has 1 atom stereocenters. The first-order valence-electron chi connectivity index (χ1n) is 8.85. The standard InChI is InChI=1S/C21H22ClN3O3/c1-14-18(9-10-20(26)23-15(2)19-8-5-11-28-19)21(22)25(24-14)13-16-6-4-7-17(12-16)27-3/h4-12,15H,13H2,1-3H3,(H,23,26)/b10-9+/t15-/m1/s1. The van der Waals surface area contributed by atoms with E-state index in [1.807, 2.05) is 44.2 Å². The van der Waals surface area contributed by atoms with Gasteiger partial charge in [0.25, 0.3) is 0 Å². The maximum atomic E-state index is 12.2. The molecule has 2 heterocycles. The molecule has 0 unspecified atom stereocenters. The highest BCUT2D eigenvalue weighted by Gasteiger charge is 2.13. The molecule has 0 fully saturated rings. The van der Waals surface area contributed by atoms with E-state index in [9.17, 15) is 4.79 Å². The molecular weight excluding hydrogens is 378 g/mol. The monoisotopic (exact) mass is 399 g/mol. The van der Waals surface area contributed by atoms with E-state index in [1.165, 1.54) is 6.08 Å². The van der Waals surface area contributed by atoms with Gasteiger partial charge in [0.2, 0.25) is 5.91 Å². The van der Waals surface area contributed by atoms with Gasteiger partial charge in [-0.2, -0.15) is 5.10 Å². The zero-order valence-electron chi connectivity index (χ0n) is 16.0. The van der Waals surface area contributed by atoms with Gasteiger partial charge < -0.3 is 14.5 Å². The Bertz CT molecular complexity index is 977. The van der Waals surface area contributed by atoms with Gasteiger partial charge in [-0.15, -0.1) is 0 Å². The topological polar surface area (TPSA) is 69.3 Å². The second kappa shape index (κ2) is 8.80. The number of aryl methyl sites for hydroxylation is 1. The van der Waals surface area contributed by atoms with Crippen molar-refractivity contribution in [1.82, 2.24) is 15.1 Å². The summed E-state index contributed by atoms with van der Waals surface area (Å²) in [5.41, 5.74) is 2.48. The number of aromatic nitrogens is 2. The lowest BCUT2D eigenvalue weighted by atomic mass is 10.2.